The summed E-state index contributed by atoms with van der Waals surface area (Å²) in [5.41, 5.74) is 2.04. The molecule has 1 atom stereocenters. The lowest BCUT2D eigenvalue weighted by Crippen LogP contribution is -2.15. The lowest BCUT2D eigenvalue weighted by Gasteiger charge is -2.13. The van der Waals surface area contributed by atoms with Crippen LogP contribution in [0.4, 0.5) is 5.82 Å². The Bertz CT molecular complexity index is 621. The van der Waals surface area contributed by atoms with Gasteiger partial charge in [-0.3, -0.25) is 9.48 Å². The molecule has 3 rings (SSSR count). The number of hydrogen-bond donors (Lipinski definition) is 2. The zero-order valence-electron chi connectivity index (χ0n) is 10.3. The average molecular weight is 275 g/mol. The zero-order valence-corrected chi connectivity index (χ0v) is 11.1. The molecule has 1 aliphatic heterocycles. The topological polar surface area (TPSA) is 67.2 Å². The fourth-order valence-electron chi connectivity index (χ4n) is 2.14. The SMILES string of the molecule is Cn1ncc2c1NC(=O)CSC2c1ccc(O)cc1. The number of amides is 1. The molecule has 0 spiro atoms. The summed E-state index contributed by atoms with van der Waals surface area (Å²) >= 11 is 1.56. The molecule has 5 nitrogen and oxygen atoms in total. The van der Waals surface area contributed by atoms with E-state index in [-0.39, 0.29) is 16.9 Å². The van der Waals surface area contributed by atoms with Crippen molar-refractivity contribution in [3.8, 4) is 5.75 Å². The molecule has 6 heteroatoms. The second kappa shape index (κ2) is 4.62. The third-order valence-electron chi connectivity index (χ3n) is 3.08. The van der Waals surface area contributed by atoms with Gasteiger partial charge in [-0.2, -0.15) is 5.10 Å². The maximum Gasteiger partial charge on any atom is 0.235 e. The fourth-order valence-corrected chi connectivity index (χ4v) is 3.23. The van der Waals surface area contributed by atoms with E-state index in [1.807, 2.05) is 19.2 Å². The molecule has 2 heterocycles. The predicted molar refractivity (Wildman–Crippen MR) is 74.2 cm³/mol. The number of hydrogen-bond acceptors (Lipinski definition) is 4. The summed E-state index contributed by atoms with van der Waals surface area (Å²) < 4.78 is 1.67. The molecule has 0 fully saturated rings. The van der Waals surface area contributed by atoms with Crippen LogP contribution >= 0.6 is 11.8 Å². The average Bonchev–Trinajstić information content (AvgIpc) is 2.65. The molecular weight excluding hydrogens is 262 g/mol. The molecule has 1 aliphatic rings. The molecule has 0 saturated heterocycles. The number of phenolic OH excluding ortho intramolecular Hbond substituents is 1. The highest BCUT2D eigenvalue weighted by Gasteiger charge is 2.26. The first-order valence-corrected chi connectivity index (χ1v) is 6.92. The van der Waals surface area contributed by atoms with Gasteiger partial charge in [0.1, 0.15) is 11.6 Å². The molecule has 2 N–H and O–H groups in total. The first kappa shape index (κ1) is 12.1. The highest BCUT2D eigenvalue weighted by molar-refractivity contribution is 8.00. The van der Waals surface area contributed by atoms with E-state index in [2.05, 4.69) is 10.4 Å². The second-order valence-electron chi connectivity index (χ2n) is 4.40. The number of nitrogens with one attached hydrogen (secondary N) is 1. The number of aryl methyl sites for hydroxylation is 1. The molecular formula is C13H13N3O2S. The molecule has 1 unspecified atom stereocenters. The van der Waals surface area contributed by atoms with Crippen LogP contribution in [0.25, 0.3) is 0 Å². The van der Waals surface area contributed by atoms with E-state index in [9.17, 15) is 9.90 Å². The van der Waals surface area contributed by atoms with Gasteiger partial charge in [0.2, 0.25) is 5.91 Å². The Balaban J connectivity index is 2.06. The van der Waals surface area contributed by atoms with Gasteiger partial charge in [0, 0.05) is 12.6 Å². The van der Waals surface area contributed by atoms with Gasteiger partial charge in [-0.15, -0.1) is 11.8 Å². The number of rotatable bonds is 1. The molecule has 0 bridgehead atoms. The van der Waals surface area contributed by atoms with E-state index in [4.69, 9.17) is 0 Å². The van der Waals surface area contributed by atoms with Crippen LogP contribution in [-0.4, -0.2) is 26.5 Å². The minimum absolute atomic E-state index is 0.0175. The van der Waals surface area contributed by atoms with Crippen LogP contribution in [0.5, 0.6) is 5.75 Å². The number of aromatic nitrogens is 2. The van der Waals surface area contributed by atoms with Gasteiger partial charge < -0.3 is 10.4 Å². The van der Waals surface area contributed by atoms with Crippen LogP contribution in [-0.2, 0) is 11.8 Å². The first-order chi connectivity index (χ1) is 9.15. The Labute approximate surface area is 114 Å². The van der Waals surface area contributed by atoms with Crippen LogP contribution in [0.3, 0.4) is 0 Å². The van der Waals surface area contributed by atoms with E-state index in [1.54, 1.807) is 34.8 Å². The number of anilines is 1. The number of aromatic hydroxyl groups is 1. The maximum atomic E-state index is 11.7. The monoisotopic (exact) mass is 275 g/mol. The van der Waals surface area contributed by atoms with Gasteiger partial charge in [0.05, 0.1) is 17.2 Å². The van der Waals surface area contributed by atoms with Gasteiger partial charge in [-0.1, -0.05) is 12.1 Å². The largest absolute Gasteiger partial charge is 0.508 e. The van der Waals surface area contributed by atoms with Crippen molar-refractivity contribution in [1.82, 2.24) is 9.78 Å². The van der Waals surface area contributed by atoms with Gasteiger partial charge in [0.15, 0.2) is 0 Å². The lowest BCUT2D eigenvalue weighted by molar-refractivity contribution is -0.113. The van der Waals surface area contributed by atoms with Crippen molar-refractivity contribution >= 4 is 23.5 Å². The third-order valence-corrected chi connectivity index (χ3v) is 4.37. The fraction of sp³-hybridized carbons (Fsp3) is 0.231. The zero-order chi connectivity index (χ0) is 13.4. The van der Waals surface area contributed by atoms with Crippen molar-refractivity contribution in [2.45, 2.75) is 5.25 Å². The van der Waals surface area contributed by atoms with E-state index in [0.29, 0.717) is 5.75 Å². The molecule has 1 amide bonds. The van der Waals surface area contributed by atoms with Crippen LogP contribution in [0.15, 0.2) is 30.5 Å². The third kappa shape index (κ3) is 2.19. The minimum atomic E-state index is -0.0175. The second-order valence-corrected chi connectivity index (χ2v) is 5.50. The highest BCUT2D eigenvalue weighted by Crippen LogP contribution is 2.41. The summed E-state index contributed by atoms with van der Waals surface area (Å²) in [7, 11) is 1.81. The Morgan fingerprint density at radius 2 is 2.16 bits per heavy atom. The van der Waals surface area contributed by atoms with Gasteiger partial charge in [-0.05, 0) is 17.7 Å². The number of carbonyl (C=O) groups excluding carboxylic acids is 1. The normalized spacial score (nSPS) is 18.6. The summed E-state index contributed by atoms with van der Waals surface area (Å²) in [6.07, 6.45) is 1.78. The smallest absolute Gasteiger partial charge is 0.235 e. The van der Waals surface area contributed by atoms with Crippen molar-refractivity contribution in [2.75, 3.05) is 11.1 Å². The van der Waals surface area contributed by atoms with Crippen molar-refractivity contribution in [3.63, 3.8) is 0 Å². The van der Waals surface area contributed by atoms with E-state index in [1.165, 1.54) is 0 Å². The molecule has 0 saturated carbocycles. The predicted octanol–water partition coefficient (Wildman–Crippen LogP) is 1.90. The number of benzene rings is 1. The standard InChI is InChI=1S/C13H13N3O2S/c1-16-13-10(6-14-16)12(19-7-11(18)15-13)8-2-4-9(17)5-3-8/h2-6,12,17H,7H2,1H3,(H,15,18). The van der Waals surface area contributed by atoms with E-state index in [0.717, 1.165) is 16.9 Å². The number of phenols is 1. The number of fused-ring (bicyclic) bond motifs is 1. The molecule has 98 valence electrons. The van der Waals surface area contributed by atoms with E-state index < -0.39 is 0 Å². The molecule has 19 heavy (non-hydrogen) atoms. The Morgan fingerprint density at radius 3 is 2.89 bits per heavy atom. The molecule has 0 aliphatic carbocycles. The van der Waals surface area contributed by atoms with Crippen LogP contribution in [0.2, 0.25) is 0 Å². The molecule has 2 aromatic rings. The highest BCUT2D eigenvalue weighted by atomic mass is 32.2. The van der Waals surface area contributed by atoms with Crippen LogP contribution in [0, 0.1) is 0 Å². The molecule has 0 radical (unpaired) electrons. The van der Waals surface area contributed by atoms with Gasteiger partial charge in [-0.25, -0.2) is 0 Å². The van der Waals surface area contributed by atoms with Gasteiger partial charge >= 0.3 is 0 Å². The summed E-state index contributed by atoms with van der Waals surface area (Å²) in [4.78, 5) is 11.7. The Kier molecular flexibility index (Phi) is 2.94. The summed E-state index contributed by atoms with van der Waals surface area (Å²) in [5.74, 6) is 1.37. The summed E-state index contributed by atoms with van der Waals surface area (Å²) in [5, 5.41) is 16.5. The van der Waals surface area contributed by atoms with Crippen molar-refractivity contribution in [2.24, 2.45) is 7.05 Å². The van der Waals surface area contributed by atoms with Crippen molar-refractivity contribution in [3.05, 3.63) is 41.6 Å². The lowest BCUT2D eigenvalue weighted by atomic mass is 10.1. The maximum absolute atomic E-state index is 11.7. The van der Waals surface area contributed by atoms with Crippen LogP contribution < -0.4 is 5.32 Å². The summed E-state index contributed by atoms with van der Waals surface area (Å²) in [6, 6.07) is 7.07. The molecule has 1 aromatic heterocycles. The number of thioether (sulfide) groups is 1. The Morgan fingerprint density at radius 1 is 1.42 bits per heavy atom. The summed E-state index contributed by atoms with van der Waals surface area (Å²) in [6.45, 7) is 0. The van der Waals surface area contributed by atoms with Crippen LogP contribution in [0.1, 0.15) is 16.4 Å². The Hall–Kier alpha value is -1.95. The first-order valence-electron chi connectivity index (χ1n) is 5.87. The molecule has 1 aromatic carbocycles. The van der Waals surface area contributed by atoms with Crippen molar-refractivity contribution in [1.29, 1.82) is 0 Å². The minimum Gasteiger partial charge on any atom is -0.508 e. The quantitative estimate of drug-likeness (QED) is 0.834. The van der Waals surface area contributed by atoms with E-state index >= 15 is 0 Å². The number of nitrogens with zero attached hydrogens (tertiary/aromatic N) is 2. The van der Waals surface area contributed by atoms with Gasteiger partial charge in [0.25, 0.3) is 0 Å². The van der Waals surface area contributed by atoms with Crippen molar-refractivity contribution < 1.29 is 9.90 Å². The number of carbonyl (C=O) groups is 1.